The van der Waals surface area contributed by atoms with Crippen LogP contribution in [-0.4, -0.2) is 35.5 Å². The van der Waals surface area contributed by atoms with Crippen molar-refractivity contribution >= 4 is 11.8 Å². The smallest absolute Gasteiger partial charge is 0.261 e. The standard InChI is InChI=1S/C16H21NO3/c1-16(2,3)20-11-7-6-10-17-14(18)12-8-4-5-9-13(12)15(17)19/h4-5,8-9H,6-7,10-11H2,1-3H3. The van der Waals surface area contributed by atoms with E-state index in [2.05, 4.69) is 0 Å². The molecule has 0 aliphatic carbocycles. The lowest BCUT2D eigenvalue weighted by Gasteiger charge is -2.20. The van der Waals surface area contributed by atoms with Crippen LogP contribution in [0.3, 0.4) is 0 Å². The Morgan fingerprint density at radius 3 is 2.05 bits per heavy atom. The molecule has 0 saturated carbocycles. The Bertz CT molecular complexity index is 482. The van der Waals surface area contributed by atoms with Crippen LogP contribution in [0.2, 0.25) is 0 Å². The van der Waals surface area contributed by atoms with E-state index in [1.165, 1.54) is 4.90 Å². The number of ether oxygens (including phenoxy) is 1. The van der Waals surface area contributed by atoms with Crippen LogP contribution in [0.15, 0.2) is 24.3 Å². The van der Waals surface area contributed by atoms with Gasteiger partial charge in [-0.15, -0.1) is 0 Å². The lowest BCUT2D eigenvalue weighted by Crippen LogP contribution is -2.31. The molecule has 108 valence electrons. The molecule has 1 aromatic rings. The summed E-state index contributed by atoms with van der Waals surface area (Å²) < 4.78 is 5.62. The fourth-order valence-electron chi connectivity index (χ4n) is 2.19. The van der Waals surface area contributed by atoms with E-state index in [0.29, 0.717) is 24.3 Å². The minimum Gasteiger partial charge on any atom is -0.376 e. The van der Waals surface area contributed by atoms with Gasteiger partial charge < -0.3 is 4.74 Å². The van der Waals surface area contributed by atoms with E-state index in [4.69, 9.17) is 4.74 Å². The molecule has 0 atom stereocenters. The molecule has 0 radical (unpaired) electrons. The Morgan fingerprint density at radius 1 is 1.00 bits per heavy atom. The number of fused-ring (bicyclic) bond motifs is 1. The number of benzene rings is 1. The monoisotopic (exact) mass is 275 g/mol. The molecule has 1 heterocycles. The molecule has 20 heavy (non-hydrogen) atoms. The van der Waals surface area contributed by atoms with E-state index in [-0.39, 0.29) is 17.4 Å². The fourth-order valence-corrected chi connectivity index (χ4v) is 2.19. The third-order valence-corrected chi connectivity index (χ3v) is 3.19. The van der Waals surface area contributed by atoms with Crippen molar-refractivity contribution < 1.29 is 14.3 Å². The Morgan fingerprint density at radius 2 is 1.55 bits per heavy atom. The Hall–Kier alpha value is -1.68. The summed E-state index contributed by atoms with van der Waals surface area (Å²) in [4.78, 5) is 25.5. The van der Waals surface area contributed by atoms with Crippen molar-refractivity contribution in [2.45, 2.75) is 39.2 Å². The SMILES string of the molecule is CC(C)(C)OCCCCN1C(=O)c2ccccc2C1=O. The van der Waals surface area contributed by atoms with Gasteiger partial charge in [0.25, 0.3) is 11.8 Å². The van der Waals surface area contributed by atoms with Crippen LogP contribution >= 0.6 is 0 Å². The molecule has 0 saturated heterocycles. The molecule has 0 bridgehead atoms. The average Bonchev–Trinajstić information content (AvgIpc) is 2.62. The number of unbranched alkanes of at least 4 members (excludes halogenated alkanes) is 1. The summed E-state index contributed by atoms with van der Waals surface area (Å²) in [5.41, 5.74) is 0.891. The highest BCUT2D eigenvalue weighted by Gasteiger charge is 2.34. The molecular weight excluding hydrogens is 254 g/mol. The maximum atomic E-state index is 12.1. The summed E-state index contributed by atoms with van der Waals surface area (Å²) in [5, 5.41) is 0. The van der Waals surface area contributed by atoms with Gasteiger partial charge in [0.2, 0.25) is 0 Å². The quantitative estimate of drug-likeness (QED) is 0.613. The van der Waals surface area contributed by atoms with E-state index >= 15 is 0 Å². The third kappa shape index (κ3) is 3.25. The third-order valence-electron chi connectivity index (χ3n) is 3.19. The molecule has 2 rings (SSSR count). The second-order valence-electron chi connectivity index (χ2n) is 5.98. The fraction of sp³-hybridized carbons (Fsp3) is 0.500. The highest BCUT2D eigenvalue weighted by molar-refractivity contribution is 6.21. The van der Waals surface area contributed by atoms with E-state index < -0.39 is 0 Å². The minimum absolute atomic E-state index is 0.143. The van der Waals surface area contributed by atoms with Crippen molar-refractivity contribution in [3.05, 3.63) is 35.4 Å². The second-order valence-corrected chi connectivity index (χ2v) is 5.98. The van der Waals surface area contributed by atoms with Crippen LogP contribution in [0.4, 0.5) is 0 Å². The molecule has 2 amide bonds. The largest absolute Gasteiger partial charge is 0.376 e. The molecule has 0 unspecified atom stereocenters. The van der Waals surface area contributed by atoms with Crippen molar-refractivity contribution in [3.63, 3.8) is 0 Å². The predicted octanol–water partition coefficient (Wildman–Crippen LogP) is 2.88. The van der Waals surface area contributed by atoms with Crippen LogP contribution in [-0.2, 0) is 4.74 Å². The van der Waals surface area contributed by atoms with Gasteiger partial charge in [-0.25, -0.2) is 0 Å². The number of imide groups is 1. The summed E-state index contributed by atoms with van der Waals surface area (Å²) in [5.74, 6) is -0.357. The molecule has 0 fully saturated rings. The van der Waals surface area contributed by atoms with Gasteiger partial charge >= 0.3 is 0 Å². The minimum atomic E-state index is -0.178. The number of nitrogens with zero attached hydrogens (tertiary/aromatic N) is 1. The van der Waals surface area contributed by atoms with Crippen LogP contribution in [0, 0.1) is 0 Å². The van der Waals surface area contributed by atoms with Gasteiger partial charge in [0.15, 0.2) is 0 Å². The van der Waals surface area contributed by atoms with Gasteiger partial charge in [-0.1, -0.05) is 12.1 Å². The summed E-state index contributed by atoms with van der Waals surface area (Å²) in [6.07, 6.45) is 1.60. The van der Waals surface area contributed by atoms with Gasteiger partial charge in [0, 0.05) is 13.2 Å². The van der Waals surface area contributed by atoms with Gasteiger partial charge in [-0.2, -0.15) is 0 Å². The van der Waals surface area contributed by atoms with Gasteiger partial charge in [0.05, 0.1) is 16.7 Å². The van der Waals surface area contributed by atoms with Crippen molar-refractivity contribution in [2.75, 3.05) is 13.2 Å². The number of carbonyl (C=O) groups excluding carboxylic acids is 2. The molecular formula is C16H21NO3. The van der Waals surface area contributed by atoms with Gasteiger partial charge in [-0.05, 0) is 45.7 Å². The maximum absolute atomic E-state index is 12.1. The predicted molar refractivity (Wildman–Crippen MR) is 76.7 cm³/mol. The first kappa shape index (κ1) is 14.7. The Labute approximate surface area is 119 Å². The first-order chi connectivity index (χ1) is 9.40. The Balaban J connectivity index is 1.84. The number of rotatable bonds is 5. The zero-order valence-electron chi connectivity index (χ0n) is 12.3. The number of carbonyl (C=O) groups is 2. The number of hydrogen-bond acceptors (Lipinski definition) is 3. The van der Waals surface area contributed by atoms with Crippen LogP contribution < -0.4 is 0 Å². The molecule has 1 aromatic carbocycles. The van der Waals surface area contributed by atoms with E-state index in [9.17, 15) is 9.59 Å². The van der Waals surface area contributed by atoms with Crippen LogP contribution in [0.25, 0.3) is 0 Å². The zero-order valence-corrected chi connectivity index (χ0v) is 12.3. The summed E-state index contributed by atoms with van der Waals surface area (Å²) in [7, 11) is 0. The zero-order chi connectivity index (χ0) is 14.8. The maximum Gasteiger partial charge on any atom is 0.261 e. The normalized spacial score (nSPS) is 14.8. The molecule has 0 aromatic heterocycles. The lowest BCUT2D eigenvalue weighted by atomic mass is 10.1. The highest BCUT2D eigenvalue weighted by atomic mass is 16.5. The molecule has 1 aliphatic heterocycles. The highest BCUT2D eigenvalue weighted by Crippen LogP contribution is 2.22. The topological polar surface area (TPSA) is 46.6 Å². The van der Waals surface area contributed by atoms with Crippen molar-refractivity contribution in [2.24, 2.45) is 0 Å². The summed E-state index contributed by atoms with van der Waals surface area (Å²) >= 11 is 0. The van der Waals surface area contributed by atoms with Crippen molar-refractivity contribution in [3.8, 4) is 0 Å². The Kier molecular flexibility index (Phi) is 4.23. The summed E-state index contributed by atoms with van der Waals surface area (Å²) in [6, 6.07) is 6.98. The molecule has 0 spiro atoms. The van der Waals surface area contributed by atoms with Crippen molar-refractivity contribution in [1.29, 1.82) is 0 Å². The number of hydrogen-bond donors (Lipinski definition) is 0. The summed E-state index contributed by atoms with van der Waals surface area (Å²) in [6.45, 7) is 7.14. The first-order valence-corrected chi connectivity index (χ1v) is 6.99. The van der Waals surface area contributed by atoms with Gasteiger partial charge in [-0.3, -0.25) is 14.5 Å². The number of amides is 2. The average molecular weight is 275 g/mol. The first-order valence-electron chi connectivity index (χ1n) is 6.99. The molecule has 1 aliphatic rings. The molecule has 0 N–H and O–H groups in total. The van der Waals surface area contributed by atoms with E-state index in [1.54, 1.807) is 24.3 Å². The molecule has 4 nitrogen and oxygen atoms in total. The van der Waals surface area contributed by atoms with Crippen LogP contribution in [0.1, 0.15) is 54.3 Å². The van der Waals surface area contributed by atoms with Gasteiger partial charge in [0.1, 0.15) is 0 Å². The second kappa shape index (κ2) is 5.75. The van der Waals surface area contributed by atoms with E-state index in [0.717, 1.165) is 12.8 Å². The van der Waals surface area contributed by atoms with E-state index in [1.807, 2.05) is 20.8 Å². The van der Waals surface area contributed by atoms with Crippen molar-refractivity contribution in [1.82, 2.24) is 4.90 Å². The van der Waals surface area contributed by atoms with Crippen LogP contribution in [0.5, 0.6) is 0 Å². The lowest BCUT2D eigenvalue weighted by molar-refractivity contribution is -0.00521. The molecule has 4 heteroatoms.